The molecule has 2 aliphatic carbocycles. The van der Waals surface area contributed by atoms with Crippen molar-refractivity contribution in [3.8, 4) is 11.8 Å². The average Bonchev–Trinajstić information content (AvgIpc) is 3.52. The molecule has 3 N–H and O–H groups in total. The molecule has 320 valence electrons. The fourth-order valence-electron chi connectivity index (χ4n) is 11.8. The van der Waals surface area contributed by atoms with Gasteiger partial charge in [-0.05, 0) is 90.4 Å². The summed E-state index contributed by atoms with van der Waals surface area (Å²) in [6, 6.07) is 21.9. The van der Waals surface area contributed by atoms with E-state index in [2.05, 4.69) is 82.3 Å². The summed E-state index contributed by atoms with van der Waals surface area (Å²) < 4.78 is 6.63. The van der Waals surface area contributed by atoms with Gasteiger partial charge in [-0.25, -0.2) is 0 Å². The Labute approximate surface area is 360 Å². The molecule has 14 heteroatoms. The van der Waals surface area contributed by atoms with Gasteiger partial charge in [0.1, 0.15) is 24.0 Å². The fourth-order valence-corrected chi connectivity index (χ4v) is 11.8. The van der Waals surface area contributed by atoms with Gasteiger partial charge in [0, 0.05) is 110 Å². The zero-order chi connectivity index (χ0) is 43.2. The Bertz CT molecular complexity index is 2600. The molecule has 3 aromatic carbocycles. The Kier molecular flexibility index (Phi) is 9.48. The zero-order valence-corrected chi connectivity index (χ0v) is 35.6. The predicted octanol–water partition coefficient (Wildman–Crippen LogP) is 4.28. The lowest BCUT2D eigenvalue weighted by molar-refractivity contribution is -0.163. The number of anilines is 2. The minimum Gasteiger partial charge on any atom is -0.488 e. The quantitative estimate of drug-likeness (QED) is 0.207. The summed E-state index contributed by atoms with van der Waals surface area (Å²) >= 11 is 0. The van der Waals surface area contributed by atoms with E-state index in [0.29, 0.717) is 64.1 Å². The molecule has 14 nitrogen and oxygen atoms in total. The lowest BCUT2D eigenvalue weighted by atomic mass is 9.49. The number of aromatic nitrogens is 1. The van der Waals surface area contributed by atoms with E-state index in [9.17, 15) is 29.2 Å². The standard InChI is InChI=1S/C48H52N8O6/c1-47(2)45(48(3,4)46(47)62-38-14-7-28(22-49)41-33(38)12-15-39(57)50-41)52-42(59)27-5-8-30(9-6-27)55-25-35-34(36(35)26-55)24-53-17-19-54(20-18-53)31-10-11-32-29(21-31)23-56(44(32)61)37-13-16-40(58)51-43(37)60/h5-12,14-15,21,34-37,45-46H,13,16-20,23-26H2,1-4H3,(H,50,57)(H,52,59)(H,51,58,60)/t34?,35-,36+,37-,45?,46?/m0/s1. The molecular formula is C48H52N8O6. The molecule has 4 amide bonds. The normalized spacial score (nSPS) is 27.3. The smallest absolute Gasteiger partial charge is 0.255 e. The van der Waals surface area contributed by atoms with E-state index in [1.165, 1.54) is 6.07 Å². The molecule has 2 saturated carbocycles. The van der Waals surface area contributed by atoms with Crippen molar-refractivity contribution < 1.29 is 23.9 Å². The number of amides is 4. The number of nitrogens with one attached hydrogen (secondary N) is 3. The molecule has 6 aliphatic rings. The number of H-pyrrole nitrogens is 1. The number of benzene rings is 3. The molecule has 0 radical (unpaired) electrons. The lowest BCUT2D eigenvalue weighted by Crippen LogP contribution is -2.74. The fraction of sp³-hybridized carbons (Fsp3) is 0.458. The number of nitrogens with zero attached hydrogens (tertiary/aromatic N) is 5. The minimum absolute atomic E-state index is 0.116. The van der Waals surface area contributed by atoms with Gasteiger partial charge in [0.15, 0.2) is 0 Å². The summed E-state index contributed by atoms with van der Waals surface area (Å²) in [6.45, 7) is 15.8. The number of piperazine rings is 1. The van der Waals surface area contributed by atoms with Crippen molar-refractivity contribution in [1.29, 1.82) is 5.26 Å². The highest BCUT2D eigenvalue weighted by molar-refractivity contribution is 6.05. The Morgan fingerprint density at radius 2 is 1.58 bits per heavy atom. The van der Waals surface area contributed by atoms with Crippen molar-refractivity contribution in [3.05, 3.63) is 99.3 Å². The average molecular weight is 837 g/mol. The van der Waals surface area contributed by atoms with Gasteiger partial charge in [-0.1, -0.05) is 27.7 Å². The van der Waals surface area contributed by atoms with E-state index in [0.717, 1.165) is 62.8 Å². The molecule has 1 aromatic heterocycles. The van der Waals surface area contributed by atoms with Crippen LogP contribution in [0.15, 0.2) is 71.5 Å². The Balaban J connectivity index is 0.691. The first-order valence-electron chi connectivity index (χ1n) is 21.8. The molecule has 62 heavy (non-hydrogen) atoms. The number of piperidine rings is 2. The van der Waals surface area contributed by atoms with Gasteiger partial charge in [0.25, 0.3) is 11.8 Å². The lowest BCUT2D eigenvalue weighted by Gasteiger charge is -2.63. The molecule has 10 rings (SSSR count). The number of hydrogen-bond acceptors (Lipinski definition) is 10. The number of ether oxygens (including phenoxy) is 1. The number of carbonyl (C=O) groups excluding carboxylic acids is 4. The first-order chi connectivity index (χ1) is 29.7. The van der Waals surface area contributed by atoms with Crippen LogP contribution in [0.4, 0.5) is 11.4 Å². The number of rotatable bonds is 9. The molecule has 5 fully saturated rings. The van der Waals surface area contributed by atoms with Crippen LogP contribution in [0.2, 0.25) is 0 Å². The Morgan fingerprint density at radius 3 is 2.27 bits per heavy atom. The van der Waals surface area contributed by atoms with E-state index < -0.39 is 16.9 Å². The maximum Gasteiger partial charge on any atom is 0.255 e. The van der Waals surface area contributed by atoms with Crippen LogP contribution < -0.4 is 30.7 Å². The molecule has 0 spiro atoms. The van der Waals surface area contributed by atoms with Crippen molar-refractivity contribution in [1.82, 2.24) is 25.4 Å². The van der Waals surface area contributed by atoms with E-state index in [1.54, 1.807) is 23.1 Å². The molecule has 0 bridgehead atoms. The van der Waals surface area contributed by atoms with Crippen molar-refractivity contribution >= 4 is 45.9 Å². The summed E-state index contributed by atoms with van der Waals surface area (Å²) in [5.74, 6) is 1.72. The highest BCUT2D eigenvalue weighted by Gasteiger charge is 2.64. The largest absolute Gasteiger partial charge is 0.488 e. The zero-order valence-electron chi connectivity index (χ0n) is 35.6. The van der Waals surface area contributed by atoms with Crippen LogP contribution in [-0.2, 0) is 16.1 Å². The summed E-state index contributed by atoms with van der Waals surface area (Å²) in [4.78, 5) is 74.8. The Hall–Kier alpha value is -6.20. The highest BCUT2D eigenvalue weighted by atomic mass is 16.5. The van der Waals surface area contributed by atoms with Crippen LogP contribution in [0.3, 0.4) is 0 Å². The molecule has 1 unspecified atom stereocenters. The van der Waals surface area contributed by atoms with Gasteiger partial charge < -0.3 is 29.7 Å². The number of aromatic amines is 1. The van der Waals surface area contributed by atoms with Crippen LogP contribution in [0.5, 0.6) is 5.75 Å². The third-order valence-corrected chi connectivity index (χ3v) is 14.9. The van der Waals surface area contributed by atoms with Crippen LogP contribution in [-0.4, -0.2) is 102 Å². The summed E-state index contributed by atoms with van der Waals surface area (Å²) in [7, 11) is 0. The van der Waals surface area contributed by atoms with Crippen molar-refractivity contribution in [2.75, 3.05) is 55.6 Å². The number of imide groups is 1. The molecule has 4 aromatic rings. The minimum atomic E-state index is -0.606. The summed E-state index contributed by atoms with van der Waals surface area (Å²) in [5, 5.41) is 15.9. The summed E-state index contributed by atoms with van der Waals surface area (Å²) in [5.41, 5.74) is 4.19. The number of hydrogen-bond donors (Lipinski definition) is 3. The number of pyridine rings is 1. The molecule has 4 aliphatic heterocycles. The van der Waals surface area contributed by atoms with Crippen LogP contribution in [0, 0.1) is 39.9 Å². The highest BCUT2D eigenvalue weighted by Crippen LogP contribution is 2.56. The SMILES string of the molecule is CC1(C)C(NC(=O)c2ccc(N3C[C@@H]4C(CN5CCN(c6ccc7c(c6)CN([C@H]6CCC(=O)NC6=O)C7=O)CC5)[C@@H]4C3)cc2)C(C)(C)C1Oc1ccc(C#N)c2[nH]c(=O)ccc12. The van der Waals surface area contributed by atoms with E-state index in [1.807, 2.05) is 24.3 Å². The molecular weight excluding hydrogens is 785 g/mol. The topological polar surface area (TPSA) is 171 Å². The van der Waals surface area contributed by atoms with Gasteiger partial charge in [0.05, 0.1) is 11.1 Å². The second kappa shape index (κ2) is 14.7. The molecule has 5 heterocycles. The van der Waals surface area contributed by atoms with Gasteiger partial charge in [-0.3, -0.25) is 34.2 Å². The number of fused-ring (bicyclic) bond motifs is 3. The van der Waals surface area contributed by atoms with Gasteiger partial charge in [-0.15, -0.1) is 0 Å². The third kappa shape index (κ3) is 6.68. The predicted molar refractivity (Wildman–Crippen MR) is 233 cm³/mol. The van der Waals surface area contributed by atoms with Gasteiger partial charge in [0.2, 0.25) is 17.4 Å². The van der Waals surface area contributed by atoms with Crippen LogP contribution in [0.25, 0.3) is 10.9 Å². The van der Waals surface area contributed by atoms with Gasteiger partial charge >= 0.3 is 0 Å². The molecule has 3 saturated heterocycles. The van der Waals surface area contributed by atoms with E-state index in [-0.39, 0.29) is 47.8 Å². The first kappa shape index (κ1) is 39.9. The van der Waals surface area contributed by atoms with Crippen molar-refractivity contribution in [2.45, 2.75) is 65.3 Å². The summed E-state index contributed by atoms with van der Waals surface area (Å²) in [6.07, 6.45) is 0.367. The first-order valence-corrected chi connectivity index (χ1v) is 21.8. The van der Waals surface area contributed by atoms with Crippen molar-refractivity contribution in [2.24, 2.45) is 28.6 Å². The van der Waals surface area contributed by atoms with Crippen LogP contribution >= 0.6 is 0 Å². The number of carbonyl (C=O) groups is 4. The Morgan fingerprint density at radius 1 is 0.871 bits per heavy atom. The van der Waals surface area contributed by atoms with Crippen LogP contribution in [0.1, 0.15) is 72.4 Å². The molecule has 4 atom stereocenters. The maximum absolute atomic E-state index is 13.7. The second-order valence-corrected chi connectivity index (χ2v) is 19.4. The monoisotopic (exact) mass is 836 g/mol. The van der Waals surface area contributed by atoms with Gasteiger partial charge in [-0.2, -0.15) is 5.26 Å². The second-order valence-electron chi connectivity index (χ2n) is 19.4. The number of nitriles is 1. The third-order valence-electron chi connectivity index (χ3n) is 14.9. The maximum atomic E-state index is 13.7. The van der Waals surface area contributed by atoms with Crippen molar-refractivity contribution in [3.63, 3.8) is 0 Å². The van der Waals surface area contributed by atoms with E-state index >= 15 is 0 Å². The van der Waals surface area contributed by atoms with E-state index in [4.69, 9.17) is 4.74 Å².